The Morgan fingerprint density at radius 1 is 1.24 bits per heavy atom. The van der Waals surface area contributed by atoms with E-state index in [-0.39, 0.29) is 11.7 Å². The second kappa shape index (κ2) is 5.15. The SMILES string of the molecule is Cc1ncccc1Oc1cccc(F)c1CCl. The minimum Gasteiger partial charge on any atom is -0.455 e. The fraction of sp³-hybridized carbons (Fsp3) is 0.154. The fourth-order valence-electron chi connectivity index (χ4n) is 1.46. The van der Waals surface area contributed by atoms with Crippen LogP contribution in [0, 0.1) is 12.7 Å². The Bertz CT molecular complexity index is 531. The van der Waals surface area contributed by atoms with Gasteiger partial charge in [-0.2, -0.15) is 0 Å². The third kappa shape index (κ3) is 2.56. The van der Waals surface area contributed by atoms with Crippen LogP contribution in [0.25, 0.3) is 0 Å². The number of aryl methyl sites for hydroxylation is 1. The Balaban J connectivity index is 2.37. The van der Waals surface area contributed by atoms with E-state index in [0.717, 1.165) is 5.69 Å². The number of aromatic nitrogens is 1. The molecule has 0 unspecified atom stereocenters. The Labute approximate surface area is 104 Å². The molecule has 2 nitrogen and oxygen atoms in total. The van der Waals surface area contributed by atoms with Crippen LogP contribution in [0.2, 0.25) is 0 Å². The highest BCUT2D eigenvalue weighted by Crippen LogP contribution is 2.29. The van der Waals surface area contributed by atoms with Gasteiger partial charge >= 0.3 is 0 Å². The maximum Gasteiger partial charge on any atom is 0.148 e. The molecule has 0 aliphatic rings. The van der Waals surface area contributed by atoms with Crippen LogP contribution in [0.15, 0.2) is 36.5 Å². The van der Waals surface area contributed by atoms with Crippen LogP contribution in [-0.4, -0.2) is 4.98 Å². The highest BCUT2D eigenvalue weighted by Gasteiger charge is 2.10. The third-order valence-electron chi connectivity index (χ3n) is 2.39. The normalized spacial score (nSPS) is 10.3. The number of hydrogen-bond acceptors (Lipinski definition) is 2. The molecule has 0 N–H and O–H groups in total. The summed E-state index contributed by atoms with van der Waals surface area (Å²) in [6.45, 7) is 1.83. The Morgan fingerprint density at radius 3 is 2.71 bits per heavy atom. The monoisotopic (exact) mass is 251 g/mol. The molecule has 88 valence electrons. The van der Waals surface area contributed by atoms with Gasteiger partial charge in [0.2, 0.25) is 0 Å². The lowest BCUT2D eigenvalue weighted by atomic mass is 10.2. The van der Waals surface area contributed by atoms with Crippen molar-refractivity contribution in [2.75, 3.05) is 0 Å². The standard InChI is InChI=1S/C13H11ClFNO/c1-9-12(6-3-7-16-9)17-13-5-2-4-11(15)10(13)8-14/h2-7H,8H2,1H3. The molecule has 0 saturated heterocycles. The van der Waals surface area contributed by atoms with Gasteiger partial charge in [-0.25, -0.2) is 4.39 Å². The maximum absolute atomic E-state index is 13.5. The molecule has 0 spiro atoms. The van der Waals surface area contributed by atoms with E-state index in [1.807, 2.05) is 6.92 Å². The maximum atomic E-state index is 13.5. The van der Waals surface area contributed by atoms with Crippen molar-refractivity contribution in [2.45, 2.75) is 12.8 Å². The molecule has 1 heterocycles. The molecule has 0 aliphatic heterocycles. The lowest BCUT2D eigenvalue weighted by Crippen LogP contribution is -1.95. The van der Waals surface area contributed by atoms with E-state index in [4.69, 9.17) is 16.3 Å². The second-order valence-corrected chi connectivity index (χ2v) is 3.81. The Morgan fingerprint density at radius 2 is 2.00 bits per heavy atom. The predicted octanol–water partition coefficient (Wildman–Crippen LogP) is 4.06. The minimum absolute atomic E-state index is 0.0708. The average Bonchev–Trinajstić information content (AvgIpc) is 2.32. The van der Waals surface area contributed by atoms with E-state index in [2.05, 4.69) is 4.98 Å². The van der Waals surface area contributed by atoms with Crippen molar-refractivity contribution in [1.29, 1.82) is 0 Å². The number of alkyl halides is 1. The fourth-order valence-corrected chi connectivity index (χ4v) is 1.72. The minimum atomic E-state index is -0.362. The van der Waals surface area contributed by atoms with Gasteiger partial charge < -0.3 is 4.74 Å². The first kappa shape index (κ1) is 11.9. The average molecular weight is 252 g/mol. The molecule has 0 amide bonds. The van der Waals surface area contributed by atoms with Crippen molar-refractivity contribution in [2.24, 2.45) is 0 Å². The first-order valence-corrected chi connectivity index (χ1v) is 5.68. The largest absolute Gasteiger partial charge is 0.455 e. The van der Waals surface area contributed by atoms with Crippen molar-refractivity contribution >= 4 is 11.6 Å². The lowest BCUT2D eigenvalue weighted by Gasteiger charge is -2.11. The first-order chi connectivity index (χ1) is 8.22. The number of benzene rings is 1. The molecule has 0 radical (unpaired) electrons. The zero-order valence-corrected chi connectivity index (χ0v) is 10.0. The molecule has 17 heavy (non-hydrogen) atoms. The number of hydrogen-bond donors (Lipinski definition) is 0. The molecule has 2 rings (SSSR count). The van der Waals surface area contributed by atoms with Gasteiger partial charge in [-0.05, 0) is 31.2 Å². The molecular formula is C13H11ClFNO. The predicted molar refractivity (Wildman–Crippen MR) is 65.0 cm³/mol. The van der Waals surface area contributed by atoms with E-state index < -0.39 is 0 Å². The number of halogens is 2. The van der Waals surface area contributed by atoms with Crippen LogP contribution in [0.1, 0.15) is 11.3 Å². The van der Waals surface area contributed by atoms with Gasteiger partial charge in [-0.1, -0.05) is 6.07 Å². The molecular weight excluding hydrogens is 241 g/mol. The summed E-state index contributed by atoms with van der Waals surface area (Å²) in [4.78, 5) is 4.10. The summed E-state index contributed by atoms with van der Waals surface area (Å²) < 4.78 is 19.1. The van der Waals surface area contributed by atoms with Gasteiger partial charge in [0.25, 0.3) is 0 Å². The van der Waals surface area contributed by atoms with E-state index >= 15 is 0 Å². The number of rotatable bonds is 3. The highest BCUT2D eigenvalue weighted by atomic mass is 35.5. The van der Waals surface area contributed by atoms with Crippen LogP contribution in [-0.2, 0) is 5.88 Å². The third-order valence-corrected chi connectivity index (χ3v) is 2.66. The Kier molecular flexibility index (Phi) is 3.59. The van der Waals surface area contributed by atoms with Crippen molar-refractivity contribution in [3.63, 3.8) is 0 Å². The van der Waals surface area contributed by atoms with Gasteiger partial charge in [0.1, 0.15) is 17.3 Å². The lowest BCUT2D eigenvalue weighted by molar-refractivity contribution is 0.464. The molecule has 2 aromatic rings. The molecule has 0 atom stereocenters. The van der Waals surface area contributed by atoms with Crippen LogP contribution < -0.4 is 4.74 Å². The molecule has 4 heteroatoms. The molecule has 1 aromatic carbocycles. The van der Waals surface area contributed by atoms with Gasteiger partial charge in [-0.15, -0.1) is 11.6 Å². The summed E-state index contributed by atoms with van der Waals surface area (Å²) in [6, 6.07) is 8.19. The smallest absolute Gasteiger partial charge is 0.148 e. The van der Waals surface area contributed by atoms with E-state index in [1.54, 1.807) is 30.5 Å². The van der Waals surface area contributed by atoms with Crippen molar-refractivity contribution in [3.8, 4) is 11.5 Å². The molecule has 0 saturated carbocycles. The zero-order valence-electron chi connectivity index (χ0n) is 9.28. The van der Waals surface area contributed by atoms with Gasteiger partial charge in [0, 0.05) is 11.8 Å². The number of pyridine rings is 1. The summed E-state index contributed by atoms with van der Waals surface area (Å²) in [5, 5.41) is 0. The van der Waals surface area contributed by atoms with Gasteiger partial charge in [0.15, 0.2) is 0 Å². The summed E-state index contributed by atoms with van der Waals surface area (Å²) in [6.07, 6.45) is 1.68. The zero-order chi connectivity index (χ0) is 12.3. The summed E-state index contributed by atoms with van der Waals surface area (Å²) in [5.74, 6) is 0.737. The molecule has 0 fully saturated rings. The summed E-state index contributed by atoms with van der Waals surface area (Å²) in [7, 11) is 0. The van der Waals surface area contributed by atoms with E-state index in [0.29, 0.717) is 17.1 Å². The van der Waals surface area contributed by atoms with Crippen molar-refractivity contribution < 1.29 is 9.13 Å². The first-order valence-electron chi connectivity index (χ1n) is 5.15. The van der Waals surface area contributed by atoms with E-state index in [9.17, 15) is 4.39 Å². The highest BCUT2D eigenvalue weighted by molar-refractivity contribution is 6.17. The number of ether oxygens (including phenoxy) is 1. The van der Waals surface area contributed by atoms with E-state index in [1.165, 1.54) is 6.07 Å². The quantitative estimate of drug-likeness (QED) is 0.768. The van der Waals surface area contributed by atoms with Crippen molar-refractivity contribution in [1.82, 2.24) is 4.98 Å². The second-order valence-electron chi connectivity index (χ2n) is 3.54. The van der Waals surface area contributed by atoms with Gasteiger partial charge in [-0.3, -0.25) is 4.98 Å². The Hall–Kier alpha value is -1.61. The molecule has 0 bridgehead atoms. The van der Waals surface area contributed by atoms with Crippen LogP contribution in [0.5, 0.6) is 11.5 Å². The topological polar surface area (TPSA) is 22.1 Å². The van der Waals surface area contributed by atoms with Crippen LogP contribution in [0.4, 0.5) is 4.39 Å². The van der Waals surface area contributed by atoms with Crippen LogP contribution >= 0.6 is 11.6 Å². The summed E-state index contributed by atoms with van der Waals surface area (Å²) >= 11 is 5.71. The number of nitrogens with zero attached hydrogens (tertiary/aromatic N) is 1. The molecule has 0 aliphatic carbocycles. The van der Waals surface area contributed by atoms with Crippen LogP contribution in [0.3, 0.4) is 0 Å². The molecule has 1 aromatic heterocycles. The summed E-state index contributed by atoms with van der Waals surface area (Å²) in [5.41, 5.74) is 1.11. The van der Waals surface area contributed by atoms with Gasteiger partial charge in [0.05, 0.1) is 11.6 Å². The van der Waals surface area contributed by atoms with Crippen molar-refractivity contribution in [3.05, 3.63) is 53.6 Å².